The first-order valence-corrected chi connectivity index (χ1v) is 9.49. The van der Waals surface area contributed by atoms with Gasteiger partial charge in [-0.15, -0.1) is 0 Å². The molecule has 1 aromatic heterocycles. The molecule has 0 unspecified atom stereocenters. The van der Waals surface area contributed by atoms with E-state index in [-0.39, 0.29) is 16.2 Å². The van der Waals surface area contributed by atoms with E-state index >= 15 is 0 Å². The molecular formula is C21H21N5O3S. The van der Waals surface area contributed by atoms with Gasteiger partial charge in [0.2, 0.25) is 0 Å². The van der Waals surface area contributed by atoms with Crippen LogP contribution in [0.3, 0.4) is 0 Å². The number of hydrogen-bond acceptors (Lipinski definition) is 4. The van der Waals surface area contributed by atoms with Crippen molar-refractivity contribution in [2.45, 2.75) is 20.8 Å². The number of carboxylic acid groups (broad SMARTS) is 1. The lowest BCUT2D eigenvalue weighted by Gasteiger charge is -2.06. The lowest BCUT2D eigenvalue weighted by Crippen LogP contribution is -2.24. The van der Waals surface area contributed by atoms with E-state index in [0.29, 0.717) is 16.9 Å². The number of aromatic amines is 1. The normalized spacial score (nSPS) is 10.9. The first kappa shape index (κ1) is 21.0. The van der Waals surface area contributed by atoms with Crippen LogP contribution in [0.15, 0.2) is 52.4 Å². The van der Waals surface area contributed by atoms with Crippen molar-refractivity contribution in [3.63, 3.8) is 0 Å². The number of hydrogen-bond donors (Lipinski definition) is 4. The molecule has 0 aliphatic carbocycles. The minimum Gasteiger partial charge on any atom is -0.478 e. The Morgan fingerprint density at radius 3 is 2.47 bits per heavy atom. The Bertz CT molecular complexity index is 1190. The number of H-pyrrole nitrogens is 1. The van der Waals surface area contributed by atoms with E-state index in [0.717, 1.165) is 16.8 Å². The highest BCUT2D eigenvalue weighted by Crippen LogP contribution is 2.13. The van der Waals surface area contributed by atoms with Crippen LogP contribution in [0, 0.1) is 20.8 Å². The van der Waals surface area contributed by atoms with Crippen molar-refractivity contribution in [1.29, 1.82) is 0 Å². The zero-order valence-electron chi connectivity index (χ0n) is 16.7. The van der Waals surface area contributed by atoms with Crippen LogP contribution in [-0.4, -0.2) is 32.2 Å². The number of aromatic nitrogens is 2. The van der Waals surface area contributed by atoms with Gasteiger partial charge in [-0.3, -0.25) is 15.3 Å². The average Bonchev–Trinajstić information content (AvgIpc) is 2.98. The van der Waals surface area contributed by atoms with Crippen molar-refractivity contribution in [1.82, 2.24) is 15.2 Å². The predicted molar refractivity (Wildman–Crippen MR) is 121 cm³/mol. The molecule has 0 amide bonds. The van der Waals surface area contributed by atoms with Crippen molar-refractivity contribution in [3.05, 3.63) is 80.8 Å². The van der Waals surface area contributed by atoms with E-state index in [2.05, 4.69) is 20.9 Å². The SMILES string of the molecule is Cc1ccc(-n2[nH]c(C)c(C=NNC(=S)Nc3ccc(C(=O)O)cc3)c2=O)cc1C. The van der Waals surface area contributed by atoms with Crippen LogP contribution in [0.1, 0.15) is 32.7 Å². The van der Waals surface area contributed by atoms with Crippen molar-refractivity contribution in [2.75, 3.05) is 5.32 Å². The first-order chi connectivity index (χ1) is 14.3. The summed E-state index contributed by atoms with van der Waals surface area (Å²) >= 11 is 5.17. The monoisotopic (exact) mass is 423 g/mol. The van der Waals surface area contributed by atoms with Crippen LogP contribution in [0.5, 0.6) is 0 Å². The molecule has 4 N–H and O–H groups in total. The van der Waals surface area contributed by atoms with E-state index in [1.165, 1.54) is 23.0 Å². The quantitative estimate of drug-likeness (QED) is 0.285. The summed E-state index contributed by atoms with van der Waals surface area (Å²) in [5, 5.41) is 19.1. The van der Waals surface area contributed by atoms with Crippen LogP contribution >= 0.6 is 12.2 Å². The first-order valence-electron chi connectivity index (χ1n) is 9.09. The van der Waals surface area contributed by atoms with Gasteiger partial charge in [0.15, 0.2) is 5.11 Å². The van der Waals surface area contributed by atoms with Crippen LogP contribution < -0.4 is 16.3 Å². The summed E-state index contributed by atoms with van der Waals surface area (Å²) in [7, 11) is 0. The minimum absolute atomic E-state index is 0.181. The van der Waals surface area contributed by atoms with Crippen molar-refractivity contribution in [2.24, 2.45) is 5.10 Å². The van der Waals surface area contributed by atoms with Gasteiger partial charge in [-0.2, -0.15) is 5.10 Å². The fraction of sp³-hybridized carbons (Fsp3) is 0.143. The summed E-state index contributed by atoms with van der Waals surface area (Å²) in [5.41, 5.74) is 7.31. The van der Waals surface area contributed by atoms with Gasteiger partial charge in [-0.05, 0) is 80.5 Å². The number of benzene rings is 2. The maximum absolute atomic E-state index is 12.8. The number of thiocarbonyl (C=S) groups is 1. The predicted octanol–water partition coefficient (Wildman–Crippen LogP) is 3.11. The van der Waals surface area contributed by atoms with Gasteiger partial charge >= 0.3 is 5.97 Å². The topological polar surface area (TPSA) is 112 Å². The fourth-order valence-corrected chi connectivity index (χ4v) is 2.94. The minimum atomic E-state index is -1.000. The average molecular weight is 423 g/mol. The highest BCUT2D eigenvalue weighted by atomic mass is 32.1. The second-order valence-corrected chi connectivity index (χ2v) is 7.17. The van der Waals surface area contributed by atoms with E-state index in [1.807, 2.05) is 32.0 Å². The molecule has 0 atom stereocenters. The molecule has 0 spiro atoms. The Hall–Kier alpha value is -3.72. The standard InChI is InChI=1S/C21H21N5O3S/c1-12-4-9-17(10-13(12)2)26-19(27)18(14(3)25-26)11-22-24-21(30)23-16-7-5-15(6-8-16)20(28)29/h4-11,25H,1-3H3,(H,28,29)(H2,23,24,30). The van der Waals surface area contributed by atoms with E-state index in [4.69, 9.17) is 17.3 Å². The maximum Gasteiger partial charge on any atom is 0.335 e. The lowest BCUT2D eigenvalue weighted by atomic mass is 10.1. The maximum atomic E-state index is 12.8. The largest absolute Gasteiger partial charge is 0.478 e. The molecule has 1 heterocycles. The third kappa shape index (κ3) is 4.64. The Kier molecular flexibility index (Phi) is 6.12. The van der Waals surface area contributed by atoms with Gasteiger partial charge < -0.3 is 10.4 Å². The number of carbonyl (C=O) groups is 1. The van der Waals surface area contributed by atoms with E-state index in [9.17, 15) is 9.59 Å². The van der Waals surface area contributed by atoms with Gasteiger partial charge in [0, 0.05) is 11.4 Å². The highest BCUT2D eigenvalue weighted by Gasteiger charge is 2.11. The molecule has 0 fully saturated rings. The zero-order chi connectivity index (χ0) is 21.8. The summed E-state index contributed by atoms with van der Waals surface area (Å²) < 4.78 is 1.48. The van der Waals surface area contributed by atoms with Gasteiger partial charge in [-0.1, -0.05) is 6.07 Å². The molecule has 0 radical (unpaired) electrons. The molecule has 154 valence electrons. The molecule has 8 nitrogen and oxygen atoms in total. The molecule has 0 aliphatic heterocycles. The number of nitrogens with zero attached hydrogens (tertiary/aromatic N) is 2. The second-order valence-electron chi connectivity index (χ2n) is 6.77. The number of aryl methyl sites for hydroxylation is 3. The summed E-state index contributed by atoms with van der Waals surface area (Å²) in [6.45, 7) is 5.80. The number of carboxylic acids is 1. The zero-order valence-corrected chi connectivity index (χ0v) is 17.5. The number of rotatable bonds is 5. The Balaban J connectivity index is 1.69. The summed E-state index contributed by atoms with van der Waals surface area (Å²) in [6.07, 6.45) is 1.41. The van der Waals surface area contributed by atoms with Crippen LogP contribution in [0.2, 0.25) is 0 Å². The van der Waals surface area contributed by atoms with Gasteiger partial charge in [0.05, 0.1) is 23.0 Å². The second kappa shape index (κ2) is 8.75. The molecule has 30 heavy (non-hydrogen) atoms. The van der Waals surface area contributed by atoms with Gasteiger partial charge in [-0.25, -0.2) is 9.48 Å². The molecule has 0 bridgehead atoms. The fourth-order valence-electron chi connectivity index (χ4n) is 2.77. The van der Waals surface area contributed by atoms with Gasteiger partial charge in [0.25, 0.3) is 5.56 Å². The summed E-state index contributed by atoms with van der Waals surface area (Å²) in [4.78, 5) is 23.6. The molecule has 0 aliphatic rings. The van der Waals surface area contributed by atoms with E-state index in [1.54, 1.807) is 19.1 Å². The lowest BCUT2D eigenvalue weighted by molar-refractivity contribution is 0.0697. The van der Waals surface area contributed by atoms with Crippen molar-refractivity contribution < 1.29 is 9.90 Å². The molecule has 0 saturated heterocycles. The number of hydrazone groups is 1. The van der Waals surface area contributed by atoms with E-state index < -0.39 is 5.97 Å². The number of anilines is 1. The van der Waals surface area contributed by atoms with Crippen molar-refractivity contribution in [3.8, 4) is 5.69 Å². The Morgan fingerprint density at radius 1 is 1.13 bits per heavy atom. The summed E-state index contributed by atoms with van der Waals surface area (Å²) in [5.74, 6) is -1.000. The molecule has 0 saturated carbocycles. The summed E-state index contributed by atoms with van der Waals surface area (Å²) in [6, 6.07) is 11.9. The van der Waals surface area contributed by atoms with Crippen LogP contribution in [-0.2, 0) is 0 Å². The molecule has 2 aromatic carbocycles. The molecule has 3 aromatic rings. The molecular weight excluding hydrogens is 402 g/mol. The molecule has 9 heteroatoms. The third-order valence-corrected chi connectivity index (χ3v) is 4.81. The third-order valence-electron chi connectivity index (χ3n) is 4.62. The Labute approximate surface area is 178 Å². The Morgan fingerprint density at radius 2 is 1.83 bits per heavy atom. The highest BCUT2D eigenvalue weighted by molar-refractivity contribution is 7.80. The smallest absolute Gasteiger partial charge is 0.335 e. The number of nitrogens with one attached hydrogen (secondary N) is 3. The van der Waals surface area contributed by atoms with Crippen molar-refractivity contribution >= 4 is 35.2 Å². The number of aromatic carboxylic acids is 1. The van der Waals surface area contributed by atoms with Crippen LogP contribution in [0.4, 0.5) is 5.69 Å². The van der Waals surface area contributed by atoms with Crippen LogP contribution in [0.25, 0.3) is 5.69 Å². The van der Waals surface area contributed by atoms with Gasteiger partial charge in [0.1, 0.15) is 0 Å². The molecule has 3 rings (SSSR count).